The quantitative estimate of drug-likeness (QED) is 0.844. The molecule has 0 radical (unpaired) electrons. The molecule has 4 heteroatoms. The van der Waals surface area contributed by atoms with Crippen LogP contribution in [-0.2, 0) is 11.2 Å². The number of anilines is 1. The molecule has 2 aromatic carbocycles. The summed E-state index contributed by atoms with van der Waals surface area (Å²) in [5.41, 5.74) is 5.26. The molecule has 0 saturated carbocycles. The van der Waals surface area contributed by atoms with Crippen molar-refractivity contribution in [3.05, 3.63) is 53.6 Å². The van der Waals surface area contributed by atoms with Crippen molar-refractivity contribution in [2.45, 2.75) is 32.6 Å². The fourth-order valence-corrected chi connectivity index (χ4v) is 3.94. The van der Waals surface area contributed by atoms with Crippen molar-refractivity contribution in [1.82, 2.24) is 4.90 Å². The fourth-order valence-electron chi connectivity index (χ4n) is 3.94. The molecule has 0 spiro atoms. The van der Waals surface area contributed by atoms with E-state index in [0.29, 0.717) is 6.42 Å². The summed E-state index contributed by atoms with van der Waals surface area (Å²) in [5.74, 6) is 0.318. The summed E-state index contributed by atoms with van der Waals surface area (Å²) in [7, 11) is 0. The highest BCUT2D eigenvalue weighted by Crippen LogP contribution is 2.33. The van der Waals surface area contributed by atoms with Crippen molar-refractivity contribution >= 4 is 17.5 Å². The number of carbonyl (C=O) groups is 2. The molecule has 2 amide bonds. The standard InChI is InChI=1S/C22H24N2O2/c1-2-21(25)24-14-11-19-15-18(9-10-20(19)24)16-5-7-17(8-6-16)22(26)23-12-3-4-13-23/h5-10,15H,2-4,11-14H2,1H3. The van der Waals surface area contributed by atoms with Crippen LogP contribution in [0.15, 0.2) is 42.5 Å². The minimum atomic E-state index is 0.136. The number of likely N-dealkylation sites (tertiary alicyclic amines) is 1. The lowest BCUT2D eigenvalue weighted by Gasteiger charge is -2.17. The Labute approximate surface area is 154 Å². The average molecular weight is 348 g/mol. The van der Waals surface area contributed by atoms with Crippen LogP contribution >= 0.6 is 0 Å². The third kappa shape index (κ3) is 3.00. The van der Waals surface area contributed by atoms with E-state index in [1.807, 2.05) is 41.0 Å². The van der Waals surface area contributed by atoms with Crippen LogP contribution in [0.3, 0.4) is 0 Å². The van der Waals surface area contributed by atoms with Crippen LogP contribution in [0.5, 0.6) is 0 Å². The number of fused-ring (bicyclic) bond motifs is 1. The minimum Gasteiger partial charge on any atom is -0.339 e. The predicted octanol–water partition coefficient (Wildman–Crippen LogP) is 3.89. The Hall–Kier alpha value is -2.62. The van der Waals surface area contributed by atoms with Crippen molar-refractivity contribution in [3.63, 3.8) is 0 Å². The first-order valence-electron chi connectivity index (χ1n) is 9.50. The molecule has 0 N–H and O–H groups in total. The van der Waals surface area contributed by atoms with Gasteiger partial charge in [-0.2, -0.15) is 0 Å². The Morgan fingerprint density at radius 2 is 1.62 bits per heavy atom. The van der Waals surface area contributed by atoms with Gasteiger partial charge in [-0.1, -0.05) is 25.1 Å². The highest BCUT2D eigenvalue weighted by atomic mass is 16.2. The van der Waals surface area contributed by atoms with Crippen LogP contribution in [0, 0.1) is 0 Å². The first kappa shape index (κ1) is 16.8. The molecule has 2 aromatic rings. The Balaban J connectivity index is 1.55. The third-order valence-corrected chi connectivity index (χ3v) is 5.44. The summed E-state index contributed by atoms with van der Waals surface area (Å²) in [6.07, 6.45) is 3.65. The lowest BCUT2D eigenvalue weighted by Crippen LogP contribution is -2.27. The molecule has 26 heavy (non-hydrogen) atoms. The molecule has 4 rings (SSSR count). The number of benzene rings is 2. The molecule has 4 nitrogen and oxygen atoms in total. The van der Waals surface area contributed by atoms with E-state index in [9.17, 15) is 9.59 Å². The molecule has 0 aromatic heterocycles. The molecular formula is C22H24N2O2. The number of nitrogens with zero attached hydrogens (tertiary/aromatic N) is 2. The van der Waals surface area contributed by atoms with Gasteiger partial charge >= 0.3 is 0 Å². The highest BCUT2D eigenvalue weighted by molar-refractivity contribution is 5.96. The van der Waals surface area contributed by atoms with E-state index < -0.39 is 0 Å². The van der Waals surface area contributed by atoms with Crippen LogP contribution in [0.1, 0.15) is 42.1 Å². The molecule has 2 heterocycles. The number of hydrogen-bond acceptors (Lipinski definition) is 2. The molecule has 1 saturated heterocycles. The van der Waals surface area contributed by atoms with E-state index in [-0.39, 0.29) is 11.8 Å². The SMILES string of the molecule is CCC(=O)N1CCc2cc(-c3ccc(C(=O)N4CCCC4)cc3)ccc21. The van der Waals surface area contributed by atoms with E-state index in [1.165, 1.54) is 5.56 Å². The van der Waals surface area contributed by atoms with Gasteiger partial charge in [0.2, 0.25) is 5.91 Å². The average Bonchev–Trinajstić information content (AvgIpc) is 3.36. The van der Waals surface area contributed by atoms with Gasteiger partial charge in [0.05, 0.1) is 0 Å². The van der Waals surface area contributed by atoms with Gasteiger partial charge in [-0.15, -0.1) is 0 Å². The maximum Gasteiger partial charge on any atom is 0.253 e. The number of hydrogen-bond donors (Lipinski definition) is 0. The summed E-state index contributed by atoms with van der Waals surface area (Å²) in [5, 5.41) is 0. The Morgan fingerprint density at radius 3 is 2.31 bits per heavy atom. The largest absolute Gasteiger partial charge is 0.339 e. The van der Waals surface area contributed by atoms with Gasteiger partial charge in [0.1, 0.15) is 0 Å². The van der Waals surface area contributed by atoms with Crippen LogP contribution in [0.25, 0.3) is 11.1 Å². The molecule has 134 valence electrons. The van der Waals surface area contributed by atoms with Gasteiger partial charge in [0, 0.05) is 37.3 Å². The van der Waals surface area contributed by atoms with Crippen LogP contribution in [0.4, 0.5) is 5.69 Å². The van der Waals surface area contributed by atoms with Gasteiger partial charge in [-0.25, -0.2) is 0 Å². The zero-order chi connectivity index (χ0) is 18.1. The van der Waals surface area contributed by atoms with Crippen molar-refractivity contribution in [2.24, 2.45) is 0 Å². The van der Waals surface area contributed by atoms with Crippen LogP contribution in [0.2, 0.25) is 0 Å². The molecule has 0 aliphatic carbocycles. The monoisotopic (exact) mass is 348 g/mol. The summed E-state index contributed by atoms with van der Waals surface area (Å²) >= 11 is 0. The topological polar surface area (TPSA) is 40.6 Å². The van der Waals surface area contributed by atoms with E-state index in [2.05, 4.69) is 18.2 Å². The zero-order valence-corrected chi connectivity index (χ0v) is 15.2. The van der Waals surface area contributed by atoms with E-state index >= 15 is 0 Å². The first-order valence-corrected chi connectivity index (χ1v) is 9.50. The Kier molecular flexibility index (Phi) is 4.49. The van der Waals surface area contributed by atoms with Gasteiger partial charge in [0.25, 0.3) is 5.91 Å². The number of amides is 2. The molecule has 0 atom stereocenters. The van der Waals surface area contributed by atoms with Gasteiger partial charge < -0.3 is 9.80 Å². The maximum absolute atomic E-state index is 12.5. The molecule has 2 aliphatic rings. The second-order valence-electron chi connectivity index (χ2n) is 7.07. The lowest BCUT2D eigenvalue weighted by molar-refractivity contribution is -0.118. The van der Waals surface area contributed by atoms with Crippen LogP contribution < -0.4 is 4.90 Å². The van der Waals surface area contributed by atoms with Gasteiger partial charge in [0.15, 0.2) is 0 Å². The maximum atomic E-state index is 12.5. The normalized spacial score (nSPS) is 16.0. The number of rotatable bonds is 3. The molecule has 1 fully saturated rings. The second-order valence-corrected chi connectivity index (χ2v) is 7.07. The van der Waals surface area contributed by atoms with Gasteiger partial charge in [-0.05, 0) is 60.2 Å². The summed E-state index contributed by atoms with van der Waals surface area (Å²) in [6.45, 7) is 4.42. The molecule has 0 bridgehead atoms. The Bertz CT molecular complexity index is 836. The first-order chi connectivity index (χ1) is 12.7. The highest BCUT2D eigenvalue weighted by Gasteiger charge is 2.24. The Morgan fingerprint density at radius 1 is 0.923 bits per heavy atom. The smallest absolute Gasteiger partial charge is 0.253 e. The molecule has 0 unspecified atom stereocenters. The third-order valence-electron chi connectivity index (χ3n) is 5.44. The molecular weight excluding hydrogens is 324 g/mol. The molecule has 2 aliphatic heterocycles. The predicted molar refractivity (Wildman–Crippen MR) is 103 cm³/mol. The van der Waals surface area contributed by atoms with E-state index in [4.69, 9.17) is 0 Å². The van der Waals surface area contributed by atoms with Crippen molar-refractivity contribution in [1.29, 1.82) is 0 Å². The zero-order valence-electron chi connectivity index (χ0n) is 15.2. The lowest BCUT2D eigenvalue weighted by atomic mass is 10.0. The summed E-state index contributed by atoms with van der Waals surface area (Å²) < 4.78 is 0. The summed E-state index contributed by atoms with van der Waals surface area (Å²) in [6, 6.07) is 14.2. The van der Waals surface area contributed by atoms with Gasteiger partial charge in [-0.3, -0.25) is 9.59 Å². The van der Waals surface area contributed by atoms with Crippen molar-refractivity contribution in [2.75, 3.05) is 24.5 Å². The van der Waals surface area contributed by atoms with E-state index in [0.717, 1.165) is 61.3 Å². The summed E-state index contributed by atoms with van der Waals surface area (Å²) in [4.78, 5) is 28.3. The second kappa shape index (κ2) is 6.94. The number of carbonyl (C=O) groups excluding carboxylic acids is 2. The fraction of sp³-hybridized carbons (Fsp3) is 0.364. The van der Waals surface area contributed by atoms with Crippen LogP contribution in [-0.4, -0.2) is 36.3 Å². The van der Waals surface area contributed by atoms with Crippen molar-refractivity contribution in [3.8, 4) is 11.1 Å². The minimum absolute atomic E-state index is 0.136. The van der Waals surface area contributed by atoms with E-state index in [1.54, 1.807) is 0 Å². The van der Waals surface area contributed by atoms with Crippen molar-refractivity contribution < 1.29 is 9.59 Å².